The predicted octanol–water partition coefficient (Wildman–Crippen LogP) is 2.66. The number of amides is 1. The molecule has 1 amide bonds. The molecule has 0 N–H and O–H groups in total. The van der Waals surface area contributed by atoms with Crippen molar-refractivity contribution >= 4 is 15.9 Å². The van der Waals surface area contributed by atoms with Crippen molar-refractivity contribution in [2.75, 3.05) is 20.7 Å². The molecule has 0 atom stereocenters. The summed E-state index contributed by atoms with van der Waals surface area (Å²) in [6, 6.07) is 6.41. The summed E-state index contributed by atoms with van der Waals surface area (Å²) in [4.78, 5) is 19.6. The molecule has 1 aliphatic rings. The number of hydrogen-bond donors (Lipinski definition) is 0. The summed E-state index contributed by atoms with van der Waals surface area (Å²) in [6.07, 6.45) is 5.54. The van der Waals surface area contributed by atoms with Gasteiger partial charge < -0.3 is 4.90 Å². The lowest BCUT2D eigenvalue weighted by atomic mass is 9.93. The van der Waals surface area contributed by atoms with E-state index in [0.29, 0.717) is 12.1 Å². The van der Waals surface area contributed by atoms with E-state index in [1.807, 2.05) is 11.8 Å². The third kappa shape index (κ3) is 3.96. The standard InChI is InChI=1S/C17H26N2O4S/c1-4-19(15-10-6-5-7-11-15)17(20)14-9-8-12-16(13-14)24(21,22)18(2)23-3/h8-9,12-13,15H,4-7,10-11H2,1-3H3. The van der Waals surface area contributed by atoms with Crippen molar-refractivity contribution in [3.63, 3.8) is 0 Å². The number of carbonyl (C=O) groups is 1. The van der Waals surface area contributed by atoms with Crippen molar-refractivity contribution in [2.45, 2.75) is 50.0 Å². The number of rotatable bonds is 6. The van der Waals surface area contributed by atoms with Crippen LogP contribution in [0.4, 0.5) is 0 Å². The zero-order chi connectivity index (χ0) is 17.7. The van der Waals surface area contributed by atoms with Crippen molar-refractivity contribution in [3.8, 4) is 0 Å². The molecule has 0 unspecified atom stereocenters. The number of hydrogen-bond acceptors (Lipinski definition) is 4. The fourth-order valence-corrected chi connectivity index (χ4v) is 4.18. The molecule has 0 radical (unpaired) electrons. The van der Waals surface area contributed by atoms with Crippen LogP contribution in [-0.4, -0.2) is 50.4 Å². The molecule has 0 saturated heterocycles. The first-order valence-corrected chi connectivity index (χ1v) is 9.80. The van der Waals surface area contributed by atoms with Crippen LogP contribution in [0.3, 0.4) is 0 Å². The normalized spacial score (nSPS) is 16.3. The van der Waals surface area contributed by atoms with Gasteiger partial charge in [0.15, 0.2) is 0 Å². The second kappa shape index (κ2) is 8.09. The molecule has 1 aromatic carbocycles. The Bertz CT molecular complexity index is 669. The predicted molar refractivity (Wildman–Crippen MR) is 92.0 cm³/mol. The van der Waals surface area contributed by atoms with Gasteiger partial charge in [0, 0.05) is 25.2 Å². The molecule has 0 spiro atoms. The van der Waals surface area contributed by atoms with Crippen LogP contribution in [0, 0.1) is 0 Å². The van der Waals surface area contributed by atoms with Gasteiger partial charge in [0.2, 0.25) is 0 Å². The van der Waals surface area contributed by atoms with Crippen molar-refractivity contribution in [2.24, 2.45) is 0 Å². The lowest BCUT2D eigenvalue weighted by molar-refractivity contribution is -0.0258. The quantitative estimate of drug-likeness (QED) is 0.737. The maximum absolute atomic E-state index is 12.9. The van der Waals surface area contributed by atoms with Crippen LogP contribution in [0.15, 0.2) is 29.2 Å². The summed E-state index contributed by atoms with van der Waals surface area (Å²) in [5.41, 5.74) is 0.396. The van der Waals surface area contributed by atoms with Crippen LogP contribution >= 0.6 is 0 Å². The molecule has 0 heterocycles. The summed E-state index contributed by atoms with van der Waals surface area (Å²) in [5, 5.41) is 0. The third-order valence-electron chi connectivity index (χ3n) is 4.59. The van der Waals surface area contributed by atoms with E-state index in [-0.39, 0.29) is 16.8 Å². The van der Waals surface area contributed by atoms with Gasteiger partial charge in [0.1, 0.15) is 0 Å². The van der Waals surface area contributed by atoms with Gasteiger partial charge in [-0.15, -0.1) is 0 Å². The van der Waals surface area contributed by atoms with E-state index in [2.05, 4.69) is 0 Å². The minimum atomic E-state index is -3.76. The van der Waals surface area contributed by atoms with Gasteiger partial charge >= 0.3 is 0 Å². The lowest BCUT2D eigenvalue weighted by Gasteiger charge is -2.33. The van der Waals surface area contributed by atoms with Crippen molar-refractivity contribution in [1.29, 1.82) is 0 Å². The van der Waals surface area contributed by atoms with E-state index in [9.17, 15) is 13.2 Å². The Morgan fingerprint density at radius 3 is 2.50 bits per heavy atom. The summed E-state index contributed by atoms with van der Waals surface area (Å²) >= 11 is 0. The Morgan fingerprint density at radius 2 is 1.92 bits per heavy atom. The van der Waals surface area contributed by atoms with E-state index < -0.39 is 10.0 Å². The fourth-order valence-electron chi connectivity index (χ4n) is 3.16. The first-order chi connectivity index (χ1) is 11.4. The summed E-state index contributed by atoms with van der Waals surface area (Å²) in [6.45, 7) is 2.59. The molecule has 2 rings (SSSR count). The molecule has 24 heavy (non-hydrogen) atoms. The maximum atomic E-state index is 12.9. The van der Waals surface area contributed by atoms with Gasteiger partial charge in [-0.25, -0.2) is 8.42 Å². The number of carbonyl (C=O) groups excluding carboxylic acids is 1. The van der Waals surface area contributed by atoms with Gasteiger partial charge in [-0.05, 0) is 38.0 Å². The molecular formula is C17H26N2O4S. The highest BCUT2D eigenvalue weighted by atomic mass is 32.2. The zero-order valence-electron chi connectivity index (χ0n) is 14.6. The highest BCUT2D eigenvalue weighted by Crippen LogP contribution is 2.25. The smallest absolute Gasteiger partial charge is 0.264 e. The largest absolute Gasteiger partial charge is 0.336 e. The van der Waals surface area contributed by atoms with Crippen molar-refractivity contribution in [1.82, 2.24) is 9.37 Å². The van der Waals surface area contributed by atoms with E-state index >= 15 is 0 Å². The molecule has 0 aliphatic heterocycles. The molecule has 7 heteroatoms. The highest BCUT2D eigenvalue weighted by molar-refractivity contribution is 7.89. The monoisotopic (exact) mass is 354 g/mol. The second-order valence-electron chi connectivity index (χ2n) is 6.01. The van der Waals surface area contributed by atoms with Gasteiger partial charge in [-0.2, -0.15) is 0 Å². The van der Waals surface area contributed by atoms with Crippen molar-refractivity contribution < 1.29 is 18.0 Å². The summed E-state index contributed by atoms with van der Waals surface area (Å²) in [5.74, 6) is -0.110. The van der Waals surface area contributed by atoms with Crippen LogP contribution in [0.5, 0.6) is 0 Å². The first kappa shape index (κ1) is 18.9. The zero-order valence-corrected chi connectivity index (χ0v) is 15.4. The van der Waals surface area contributed by atoms with E-state index in [4.69, 9.17) is 4.84 Å². The SMILES string of the molecule is CCN(C(=O)c1cccc(S(=O)(=O)N(C)OC)c1)C1CCCCC1. The number of sulfonamides is 1. The molecule has 0 aromatic heterocycles. The topological polar surface area (TPSA) is 66.9 Å². The minimum absolute atomic E-state index is 0.0531. The molecular weight excluding hydrogens is 328 g/mol. The Morgan fingerprint density at radius 1 is 1.25 bits per heavy atom. The molecule has 1 fully saturated rings. The van der Waals surface area contributed by atoms with Gasteiger partial charge in [0.05, 0.1) is 12.0 Å². The average Bonchev–Trinajstić information content (AvgIpc) is 2.62. The van der Waals surface area contributed by atoms with Gasteiger partial charge in [-0.1, -0.05) is 29.8 Å². The average molecular weight is 354 g/mol. The first-order valence-electron chi connectivity index (χ1n) is 8.36. The van der Waals surface area contributed by atoms with Crippen LogP contribution in [0.2, 0.25) is 0 Å². The molecule has 0 bridgehead atoms. The Balaban J connectivity index is 2.28. The van der Waals surface area contributed by atoms with Crippen LogP contribution in [0.25, 0.3) is 0 Å². The number of hydroxylamine groups is 1. The van der Waals surface area contributed by atoms with E-state index in [1.54, 1.807) is 12.1 Å². The number of nitrogens with zero attached hydrogens (tertiary/aromatic N) is 2. The number of benzene rings is 1. The third-order valence-corrected chi connectivity index (χ3v) is 6.27. The Kier molecular flexibility index (Phi) is 6.37. The molecule has 1 aliphatic carbocycles. The molecule has 134 valence electrons. The van der Waals surface area contributed by atoms with Crippen LogP contribution in [0.1, 0.15) is 49.4 Å². The van der Waals surface area contributed by atoms with Gasteiger partial charge in [-0.3, -0.25) is 9.63 Å². The summed E-state index contributed by atoms with van der Waals surface area (Å²) < 4.78 is 25.5. The van der Waals surface area contributed by atoms with E-state index in [1.165, 1.54) is 32.7 Å². The Hall–Kier alpha value is -1.44. The summed E-state index contributed by atoms with van der Waals surface area (Å²) in [7, 11) is -1.15. The molecule has 1 aromatic rings. The fraction of sp³-hybridized carbons (Fsp3) is 0.588. The highest BCUT2D eigenvalue weighted by Gasteiger charge is 2.27. The second-order valence-corrected chi connectivity index (χ2v) is 7.94. The minimum Gasteiger partial charge on any atom is -0.336 e. The van der Waals surface area contributed by atoms with E-state index in [0.717, 1.165) is 30.2 Å². The molecule has 1 saturated carbocycles. The van der Waals surface area contributed by atoms with Gasteiger partial charge in [0.25, 0.3) is 15.9 Å². The van der Waals surface area contributed by atoms with Crippen LogP contribution < -0.4 is 0 Å². The molecule has 6 nitrogen and oxygen atoms in total. The Labute approximate surface area is 144 Å². The van der Waals surface area contributed by atoms with Crippen LogP contribution in [-0.2, 0) is 14.9 Å². The lowest BCUT2D eigenvalue weighted by Crippen LogP contribution is -2.41. The maximum Gasteiger partial charge on any atom is 0.264 e. The van der Waals surface area contributed by atoms with Crippen molar-refractivity contribution in [3.05, 3.63) is 29.8 Å².